The molecule has 1 unspecified atom stereocenters. The molecule has 1 spiro atoms. The first-order valence-corrected chi connectivity index (χ1v) is 8.40. The third-order valence-electron chi connectivity index (χ3n) is 5.23. The first-order chi connectivity index (χ1) is 10.3. The lowest BCUT2D eigenvalue weighted by atomic mass is 9.79. The maximum atomic E-state index is 13.0. The first-order valence-electron chi connectivity index (χ1n) is 8.40. The Kier molecular flexibility index (Phi) is 4.91. The number of rotatable bonds is 4. The number of halogens is 1. The molecule has 2 fully saturated rings. The predicted octanol–water partition coefficient (Wildman–Crippen LogP) is 3.18. The van der Waals surface area contributed by atoms with Crippen molar-refractivity contribution in [2.24, 2.45) is 0 Å². The summed E-state index contributed by atoms with van der Waals surface area (Å²) in [5.41, 5.74) is 1.62. The zero-order valence-electron chi connectivity index (χ0n) is 12.9. The standard InChI is InChI=1S/C18H27FN2/c19-11-12-21-15-18(9-5-2-6-10-18)20-14-17(21)13-16-7-3-1-4-8-16/h1,3-4,7-8,17,20H,2,5-6,9-15H2. The van der Waals surface area contributed by atoms with Crippen LogP contribution in [0.5, 0.6) is 0 Å². The molecule has 1 saturated heterocycles. The van der Waals surface area contributed by atoms with E-state index in [1.54, 1.807) is 0 Å². The Bertz CT molecular complexity index is 428. The minimum Gasteiger partial charge on any atom is -0.308 e. The van der Waals surface area contributed by atoms with Gasteiger partial charge in [0.2, 0.25) is 0 Å². The van der Waals surface area contributed by atoms with Crippen LogP contribution in [-0.2, 0) is 6.42 Å². The van der Waals surface area contributed by atoms with Crippen LogP contribution in [0.2, 0.25) is 0 Å². The number of piperazine rings is 1. The number of hydrogen-bond acceptors (Lipinski definition) is 2. The lowest BCUT2D eigenvalue weighted by Gasteiger charge is -2.49. The number of alkyl halides is 1. The first kappa shape index (κ1) is 15.0. The Labute approximate surface area is 127 Å². The van der Waals surface area contributed by atoms with Crippen molar-refractivity contribution in [2.45, 2.75) is 50.1 Å². The Morgan fingerprint density at radius 2 is 1.90 bits per heavy atom. The van der Waals surface area contributed by atoms with Crippen molar-refractivity contribution in [3.8, 4) is 0 Å². The van der Waals surface area contributed by atoms with Crippen LogP contribution in [0.3, 0.4) is 0 Å². The van der Waals surface area contributed by atoms with Crippen molar-refractivity contribution in [3.05, 3.63) is 35.9 Å². The number of benzene rings is 1. The normalized spacial score (nSPS) is 26.0. The van der Waals surface area contributed by atoms with E-state index in [9.17, 15) is 4.39 Å². The van der Waals surface area contributed by atoms with E-state index in [1.165, 1.54) is 37.7 Å². The number of hydrogen-bond donors (Lipinski definition) is 1. The van der Waals surface area contributed by atoms with E-state index in [4.69, 9.17) is 0 Å². The lowest BCUT2D eigenvalue weighted by Crippen LogP contribution is -2.65. The fraction of sp³-hybridized carbons (Fsp3) is 0.667. The summed E-state index contributed by atoms with van der Waals surface area (Å²) in [6.07, 6.45) is 7.53. The fourth-order valence-electron chi connectivity index (χ4n) is 4.06. The van der Waals surface area contributed by atoms with E-state index < -0.39 is 0 Å². The molecule has 1 atom stereocenters. The zero-order valence-corrected chi connectivity index (χ0v) is 12.9. The zero-order chi connectivity index (χ0) is 14.5. The summed E-state index contributed by atoms with van der Waals surface area (Å²) in [5.74, 6) is 0. The summed E-state index contributed by atoms with van der Waals surface area (Å²) in [6, 6.07) is 11.0. The SMILES string of the molecule is FCCN1CC2(CCCCC2)NCC1Cc1ccccc1. The smallest absolute Gasteiger partial charge is 0.102 e. The van der Waals surface area contributed by atoms with Crippen LogP contribution in [0, 0.1) is 0 Å². The summed E-state index contributed by atoms with van der Waals surface area (Å²) in [4.78, 5) is 2.40. The van der Waals surface area contributed by atoms with Gasteiger partial charge in [-0.15, -0.1) is 0 Å². The van der Waals surface area contributed by atoms with Gasteiger partial charge < -0.3 is 5.32 Å². The molecule has 2 aliphatic rings. The van der Waals surface area contributed by atoms with E-state index in [-0.39, 0.29) is 12.2 Å². The van der Waals surface area contributed by atoms with Crippen LogP contribution < -0.4 is 5.32 Å². The molecule has 1 aromatic rings. The van der Waals surface area contributed by atoms with E-state index in [0.29, 0.717) is 12.6 Å². The van der Waals surface area contributed by atoms with E-state index >= 15 is 0 Å². The molecule has 116 valence electrons. The highest BCUT2D eigenvalue weighted by Crippen LogP contribution is 2.32. The summed E-state index contributed by atoms with van der Waals surface area (Å²) in [6.45, 7) is 2.37. The third-order valence-corrected chi connectivity index (χ3v) is 5.23. The van der Waals surface area contributed by atoms with Crippen molar-refractivity contribution < 1.29 is 4.39 Å². The van der Waals surface area contributed by atoms with Gasteiger partial charge in [0, 0.05) is 31.2 Å². The number of nitrogens with one attached hydrogen (secondary N) is 1. The van der Waals surface area contributed by atoms with Crippen molar-refractivity contribution in [2.75, 3.05) is 26.3 Å². The predicted molar refractivity (Wildman–Crippen MR) is 85.3 cm³/mol. The summed E-state index contributed by atoms with van der Waals surface area (Å²) >= 11 is 0. The molecular weight excluding hydrogens is 263 g/mol. The molecular formula is C18H27FN2. The average molecular weight is 290 g/mol. The maximum Gasteiger partial charge on any atom is 0.102 e. The average Bonchev–Trinajstić information content (AvgIpc) is 2.52. The van der Waals surface area contributed by atoms with Gasteiger partial charge in [-0.3, -0.25) is 4.90 Å². The summed E-state index contributed by atoms with van der Waals surface area (Å²) in [7, 11) is 0. The molecule has 21 heavy (non-hydrogen) atoms. The monoisotopic (exact) mass is 290 g/mol. The van der Waals surface area contributed by atoms with Gasteiger partial charge in [0.25, 0.3) is 0 Å². The number of nitrogens with zero attached hydrogens (tertiary/aromatic N) is 1. The molecule has 3 rings (SSSR count). The van der Waals surface area contributed by atoms with Crippen LogP contribution in [-0.4, -0.2) is 42.8 Å². The Morgan fingerprint density at radius 1 is 1.14 bits per heavy atom. The van der Waals surface area contributed by atoms with Gasteiger partial charge in [0.15, 0.2) is 0 Å². The van der Waals surface area contributed by atoms with Crippen LogP contribution in [0.1, 0.15) is 37.7 Å². The second-order valence-electron chi connectivity index (χ2n) is 6.72. The third kappa shape index (κ3) is 3.64. The fourth-order valence-corrected chi connectivity index (χ4v) is 4.06. The minimum absolute atomic E-state index is 0.235. The largest absolute Gasteiger partial charge is 0.308 e. The van der Waals surface area contributed by atoms with Crippen LogP contribution in [0.15, 0.2) is 30.3 Å². The molecule has 1 N–H and O–H groups in total. The molecule has 1 saturated carbocycles. The topological polar surface area (TPSA) is 15.3 Å². The van der Waals surface area contributed by atoms with Crippen LogP contribution in [0.4, 0.5) is 4.39 Å². The van der Waals surface area contributed by atoms with Gasteiger partial charge in [0.05, 0.1) is 0 Å². The summed E-state index contributed by atoms with van der Waals surface area (Å²) < 4.78 is 13.0. The molecule has 0 aromatic heterocycles. The molecule has 0 bridgehead atoms. The Hall–Kier alpha value is -0.930. The van der Waals surface area contributed by atoms with Crippen molar-refractivity contribution in [1.29, 1.82) is 0 Å². The summed E-state index contributed by atoms with van der Waals surface area (Å²) in [5, 5.41) is 3.83. The van der Waals surface area contributed by atoms with E-state index in [0.717, 1.165) is 19.5 Å². The molecule has 2 nitrogen and oxygen atoms in total. The van der Waals surface area contributed by atoms with Gasteiger partial charge in [-0.1, -0.05) is 49.6 Å². The van der Waals surface area contributed by atoms with Gasteiger partial charge >= 0.3 is 0 Å². The van der Waals surface area contributed by atoms with Crippen molar-refractivity contribution in [3.63, 3.8) is 0 Å². The molecule has 0 amide bonds. The quantitative estimate of drug-likeness (QED) is 0.916. The molecule has 3 heteroatoms. The van der Waals surface area contributed by atoms with Crippen LogP contribution in [0.25, 0.3) is 0 Å². The van der Waals surface area contributed by atoms with Gasteiger partial charge in [0.1, 0.15) is 6.67 Å². The maximum absolute atomic E-state index is 13.0. The highest BCUT2D eigenvalue weighted by Gasteiger charge is 2.39. The molecule has 1 heterocycles. The second kappa shape index (κ2) is 6.89. The highest BCUT2D eigenvalue weighted by molar-refractivity contribution is 5.17. The molecule has 0 radical (unpaired) electrons. The van der Waals surface area contributed by atoms with Gasteiger partial charge in [-0.25, -0.2) is 4.39 Å². The van der Waals surface area contributed by atoms with Crippen molar-refractivity contribution >= 4 is 0 Å². The molecule has 1 aromatic carbocycles. The van der Waals surface area contributed by atoms with Crippen molar-refractivity contribution in [1.82, 2.24) is 10.2 Å². The Balaban J connectivity index is 1.67. The van der Waals surface area contributed by atoms with Gasteiger partial charge in [-0.2, -0.15) is 0 Å². The molecule has 1 aliphatic carbocycles. The Morgan fingerprint density at radius 3 is 2.62 bits per heavy atom. The highest BCUT2D eigenvalue weighted by atomic mass is 19.1. The second-order valence-corrected chi connectivity index (χ2v) is 6.72. The van der Waals surface area contributed by atoms with Gasteiger partial charge in [-0.05, 0) is 24.8 Å². The lowest BCUT2D eigenvalue weighted by molar-refractivity contribution is 0.0515. The minimum atomic E-state index is -0.235. The molecule has 1 aliphatic heterocycles. The van der Waals surface area contributed by atoms with E-state index in [2.05, 4.69) is 40.5 Å². The van der Waals surface area contributed by atoms with Crippen LogP contribution >= 0.6 is 0 Å². The van der Waals surface area contributed by atoms with E-state index in [1.807, 2.05) is 0 Å².